The molecule has 1 aliphatic rings. The van der Waals surface area contributed by atoms with E-state index in [-0.39, 0.29) is 0 Å². The van der Waals surface area contributed by atoms with Crippen LogP contribution in [0, 0.1) is 0 Å². The van der Waals surface area contributed by atoms with E-state index >= 15 is 0 Å². The van der Waals surface area contributed by atoms with Crippen molar-refractivity contribution in [3.63, 3.8) is 0 Å². The van der Waals surface area contributed by atoms with E-state index in [1.807, 2.05) is 32.0 Å². The maximum atomic E-state index is 5.04. The molecule has 0 bridgehead atoms. The van der Waals surface area contributed by atoms with E-state index in [2.05, 4.69) is 22.7 Å². The van der Waals surface area contributed by atoms with Crippen molar-refractivity contribution in [1.29, 1.82) is 0 Å². The van der Waals surface area contributed by atoms with Gasteiger partial charge in [-0.15, -0.1) is 0 Å². The standard InChI is InChI=1S/C10H15N3S/c1-8(9-6-4-5-7-9)11-12-10(14)13(2)3/h4-6H,7H2,1-3H3,(H,12,14)/b11-8+. The largest absolute Gasteiger partial charge is 0.354 e. The number of thiocarbonyl (C=S) groups is 1. The molecular weight excluding hydrogens is 194 g/mol. The summed E-state index contributed by atoms with van der Waals surface area (Å²) in [6.07, 6.45) is 7.18. The first-order valence-electron chi connectivity index (χ1n) is 4.49. The minimum Gasteiger partial charge on any atom is -0.354 e. The van der Waals surface area contributed by atoms with Crippen LogP contribution in [0.25, 0.3) is 0 Å². The van der Waals surface area contributed by atoms with Crippen LogP contribution in [-0.4, -0.2) is 29.8 Å². The SMILES string of the molecule is C/C(=N\NC(=S)N(C)C)C1=CC=CC1. The number of allylic oxidation sites excluding steroid dienone is 4. The molecule has 0 heterocycles. The van der Waals surface area contributed by atoms with Crippen molar-refractivity contribution in [1.82, 2.24) is 10.3 Å². The molecule has 1 rings (SSSR count). The summed E-state index contributed by atoms with van der Waals surface area (Å²) in [7, 11) is 3.77. The van der Waals surface area contributed by atoms with E-state index in [0.717, 1.165) is 12.1 Å². The molecule has 14 heavy (non-hydrogen) atoms. The predicted octanol–water partition coefficient (Wildman–Crippen LogP) is 1.68. The van der Waals surface area contributed by atoms with Gasteiger partial charge in [-0.3, -0.25) is 5.43 Å². The molecule has 0 atom stereocenters. The van der Waals surface area contributed by atoms with E-state index in [4.69, 9.17) is 12.2 Å². The van der Waals surface area contributed by atoms with E-state index < -0.39 is 0 Å². The Hall–Kier alpha value is -1.16. The van der Waals surface area contributed by atoms with Gasteiger partial charge in [0, 0.05) is 14.1 Å². The second-order valence-electron chi connectivity index (χ2n) is 3.33. The fraction of sp³-hybridized carbons (Fsp3) is 0.400. The van der Waals surface area contributed by atoms with Crippen molar-refractivity contribution in [2.45, 2.75) is 13.3 Å². The number of rotatable bonds is 2. The van der Waals surface area contributed by atoms with Gasteiger partial charge >= 0.3 is 0 Å². The van der Waals surface area contributed by atoms with Crippen molar-refractivity contribution < 1.29 is 0 Å². The molecule has 3 nitrogen and oxygen atoms in total. The third-order valence-corrected chi connectivity index (χ3v) is 2.42. The van der Waals surface area contributed by atoms with Gasteiger partial charge in [-0.05, 0) is 31.1 Å². The average molecular weight is 209 g/mol. The van der Waals surface area contributed by atoms with Crippen molar-refractivity contribution in [3.8, 4) is 0 Å². The zero-order valence-electron chi connectivity index (χ0n) is 8.74. The maximum absolute atomic E-state index is 5.04. The summed E-state index contributed by atoms with van der Waals surface area (Å²) in [6, 6.07) is 0. The van der Waals surface area contributed by atoms with Gasteiger partial charge in [-0.2, -0.15) is 5.10 Å². The summed E-state index contributed by atoms with van der Waals surface area (Å²) in [5.41, 5.74) is 5.06. The lowest BCUT2D eigenvalue weighted by atomic mass is 10.1. The third-order valence-electron chi connectivity index (χ3n) is 1.96. The molecule has 0 aromatic carbocycles. The van der Waals surface area contributed by atoms with Crippen LogP contribution >= 0.6 is 12.2 Å². The van der Waals surface area contributed by atoms with Gasteiger partial charge in [-0.1, -0.05) is 18.2 Å². The number of hydrogen-bond acceptors (Lipinski definition) is 2. The van der Waals surface area contributed by atoms with Crippen molar-refractivity contribution in [2.24, 2.45) is 5.10 Å². The van der Waals surface area contributed by atoms with Crippen LogP contribution in [-0.2, 0) is 0 Å². The van der Waals surface area contributed by atoms with Crippen molar-refractivity contribution >= 4 is 23.0 Å². The Labute approximate surface area is 90.2 Å². The normalized spacial score (nSPS) is 15.4. The predicted molar refractivity (Wildman–Crippen MR) is 64.4 cm³/mol. The molecular formula is C10H15N3S. The number of nitrogens with one attached hydrogen (secondary N) is 1. The molecule has 0 unspecified atom stereocenters. The summed E-state index contributed by atoms with van der Waals surface area (Å²) >= 11 is 5.04. The highest BCUT2D eigenvalue weighted by atomic mass is 32.1. The van der Waals surface area contributed by atoms with Crippen molar-refractivity contribution in [2.75, 3.05) is 14.1 Å². The minimum absolute atomic E-state index is 0.621. The molecule has 0 spiro atoms. The van der Waals surface area contributed by atoms with E-state index in [0.29, 0.717) is 5.11 Å². The van der Waals surface area contributed by atoms with Gasteiger partial charge in [0.2, 0.25) is 0 Å². The molecule has 0 radical (unpaired) electrons. The third kappa shape index (κ3) is 2.96. The molecule has 0 saturated carbocycles. The second-order valence-corrected chi connectivity index (χ2v) is 3.72. The first kappa shape index (κ1) is 10.9. The Bertz CT molecular complexity index is 313. The van der Waals surface area contributed by atoms with E-state index in [1.54, 1.807) is 0 Å². The van der Waals surface area contributed by atoms with Crippen LogP contribution in [0.2, 0.25) is 0 Å². The highest BCUT2D eigenvalue weighted by Gasteiger charge is 2.03. The molecule has 76 valence electrons. The fourth-order valence-electron chi connectivity index (χ4n) is 1.02. The Kier molecular flexibility index (Phi) is 3.83. The monoisotopic (exact) mass is 209 g/mol. The Morgan fingerprint density at radius 2 is 2.29 bits per heavy atom. The van der Waals surface area contributed by atoms with Crippen LogP contribution < -0.4 is 5.43 Å². The van der Waals surface area contributed by atoms with Gasteiger partial charge in [0.05, 0.1) is 5.71 Å². The summed E-state index contributed by atoms with van der Waals surface area (Å²) in [4.78, 5) is 1.81. The molecule has 1 N–H and O–H groups in total. The molecule has 0 amide bonds. The lowest BCUT2D eigenvalue weighted by Crippen LogP contribution is -2.31. The molecule has 0 aromatic rings. The first-order valence-corrected chi connectivity index (χ1v) is 4.89. The maximum Gasteiger partial charge on any atom is 0.189 e. The highest BCUT2D eigenvalue weighted by molar-refractivity contribution is 7.80. The first-order chi connectivity index (χ1) is 6.61. The van der Waals surface area contributed by atoms with Crippen LogP contribution in [0.4, 0.5) is 0 Å². The zero-order valence-corrected chi connectivity index (χ0v) is 9.56. The van der Waals surface area contributed by atoms with Crippen LogP contribution in [0.15, 0.2) is 28.9 Å². The Balaban J connectivity index is 2.49. The highest BCUT2D eigenvalue weighted by Crippen LogP contribution is 2.11. The number of hydrazone groups is 1. The molecule has 4 heteroatoms. The van der Waals surface area contributed by atoms with Crippen LogP contribution in [0.1, 0.15) is 13.3 Å². The van der Waals surface area contributed by atoms with Gasteiger partial charge in [0.25, 0.3) is 0 Å². The number of hydrogen-bond donors (Lipinski definition) is 1. The average Bonchev–Trinajstić information content (AvgIpc) is 2.66. The zero-order chi connectivity index (χ0) is 10.6. The van der Waals surface area contributed by atoms with Gasteiger partial charge < -0.3 is 4.90 Å². The number of nitrogens with zero attached hydrogens (tertiary/aromatic N) is 2. The molecule has 0 saturated heterocycles. The topological polar surface area (TPSA) is 27.6 Å². The lowest BCUT2D eigenvalue weighted by molar-refractivity contribution is 0.606. The van der Waals surface area contributed by atoms with E-state index in [9.17, 15) is 0 Å². The van der Waals surface area contributed by atoms with Crippen LogP contribution in [0.3, 0.4) is 0 Å². The molecule has 0 aromatic heterocycles. The Morgan fingerprint density at radius 1 is 1.57 bits per heavy atom. The Morgan fingerprint density at radius 3 is 2.79 bits per heavy atom. The minimum atomic E-state index is 0.621. The summed E-state index contributed by atoms with van der Waals surface area (Å²) in [5.74, 6) is 0. The van der Waals surface area contributed by atoms with Gasteiger partial charge in [-0.25, -0.2) is 0 Å². The smallest absolute Gasteiger partial charge is 0.189 e. The molecule has 0 aliphatic heterocycles. The molecule has 0 fully saturated rings. The van der Waals surface area contributed by atoms with E-state index in [1.165, 1.54) is 5.57 Å². The summed E-state index contributed by atoms with van der Waals surface area (Å²) in [6.45, 7) is 1.98. The molecule has 1 aliphatic carbocycles. The van der Waals surface area contributed by atoms with Gasteiger partial charge in [0.1, 0.15) is 0 Å². The fourth-order valence-corrected chi connectivity index (χ4v) is 1.06. The second kappa shape index (κ2) is 4.91. The summed E-state index contributed by atoms with van der Waals surface area (Å²) in [5, 5.41) is 4.82. The van der Waals surface area contributed by atoms with Crippen LogP contribution in [0.5, 0.6) is 0 Å². The van der Waals surface area contributed by atoms with Crippen molar-refractivity contribution in [3.05, 3.63) is 23.8 Å². The van der Waals surface area contributed by atoms with Gasteiger partial charge in [0.15, 0.2) is 5.11 Å². The summed E-state index contributed by atoms with van der Waals surface area (Å²) < 4.78 is 0. The lowest BCUT2D eigenvalue weighted by Gasteiger charge is -2.12. The quantitative estimate of drug-likeness (QED) is 0.426.